The van der Waals surface area contributed by atoms with Gasteiger partial charge in [-0.15, -0.1) is 11.3 Å². The number of aliphatic carboxylic acids is 1. The largest absolute Gasteiger partial charge is 0.493 e. The van der Waals surface area contributed by atoms with Gasteiger partial charge in [0.2, 0.25) is 0 Å². The van der Waals surface area contributed by atoms with E-state index in [0.717, 1.165) is 21.2 Å². The molecule has 27 heavy (non-hydrogen) atoms. The van der Waals surface area contributed by atoms with Crippen molar-refractivity contribution in [3.8, 4) is 11.5 Å². The van der Waals surface area contributed by atoms with Gasteiger partial charge >= 0.3 is 5.97 Å². The lowest BCUT2D eigenvalue weighted by Gasteiger charge is -2.09. The molecule has 140 valence electrons. The third kappa shape index (κ3) is 4.01. The Morgan fingerprint density at radius 2 is 2.07 bits per heavy atom. The van der Waals surface area contributed by atoms with Crippen LogP contribution in [-0.2, 0) is 4.79 Å². The molecule has 8 heteroatoms. The van der Waals surface area contributed by atoms with Gasteiger partial charge in [-0.25, -0.2) is 9.78 Å². The molecule has 1 N–H and O–H groups in total. The Bertz CT molecular complexity index is 1050. The molecule has 0 amide bonds. The van der Waals surface area contributed by atoms with Crippen LogP contribution < -0.4 is 9.47 Å². The van der Waals surface area contributed by atoms with Crippen LogP contribution in [0.1, 0.15) is 26.6 Å². The van der Waals surface area contributed by atoms with Crippen molar-refractivity contribution in [3.05, 3.63) is 52.3 Å². The number of carbonyl (C=O) groups is 2. The zero-order chi connectivity index (χ0) is 19.6. The van der Waals surface area contributed by atoms with E-state index in [2.05, 4.69) is 4.98 Å². The standard InChI is InChI=1S/C19H18N2O5S/c1-11-9-21-14(12(2)20-19(21)27-11)5-6-15(22)13-4-7-16(17(8-13)25-3)26-10-18(23)24/h4-9H,10H2,1-3H3,(H,23,24)/b6-5+. The molecule has 0 aliphatic heterocycles. The molecule has 0 fully saturated rings. The zero-order valence-corrected chi connectivity index (χ0v) is 15.9. The predicted octanol–water partition coefficient (Wildman–Crippen LogP) is 3.38. The van der Waals surface area contributed by atoms with E-state index in [-0.39, 0.29) is 11.5 Å². The second-order valence-corrected chi connectivity index (χ2v) is 7.04. The molecule has 0 saturated carbocycles. The lowest BCUT2D eigenvalue weighted by atomic mass is 10.1. The Hall–Kier alpha value is -3.13. The number of carboxylic acid groups (broad SMARTS) is 1. The van der Waals surface area contributed by atoms with Crippen molar-refractivity contribution >= 4 is 34.1 Å². The zero-order valence-electron chi connectivity index (χ0n) is 15.1. The fourth-order valence-corrected chi connectivity index (χ4v) is 3.49. The van der Waals surface area contributed by atoms with E-state index in [0.29, 0.717) is 11.3 Å². The van der Waals surface area contributed by atoms with E-state index in [9.17, 15) is 9.59 Å². The summed E-state index contributed by atoms with van der Waals surface area (Å²) in [5, 5.41) is 8.71. The minimum atomic E-state index is -1.09. The van der Waals surface area contributed by atoms with Crippen molar-refractivity contribution in [1.82, 2.24) is 9.38 Å². The van der Waals surface area contributed by atoms with Crippen molar-refractivity contribution in [2.45, 2.75) is 13.8 Å². The van der Waals surface area contributed by atoms with Crippen molar-refractivity contribution in [2.24, 2.45) is 0 Å². The average molecular weight is 386 g/mol. The molecule has 3 rings (SSSR count). The number of ketones is 1. The van der Waals surface area contributed by atoms with Gasteiger partial charge in [-0.1, -0.05) is 0 Å². The summed E-state index contributed by atoms with van der Waals surface area (Å²) in [6.45, 7) is 3.42. The highest BCUT2D eigenvalue weighted by molar-refractivity contribution is 7.17. The molecular weight excluding hydrogens is 368 g/mol. The summed E-state index contributed by atoms with van der Waals surface area (Å²) in [6, 6.07) is 4.62. The summed E-state index contributed by atoms with van der Waals surface area (Å²) in [4.78, 5) is 29.7. The molecule has 1 aromatic carbocycles. The van der Waals surface area contributed by atoms with Gasteiger partial charge in [-0.05, 0) is 44.2 Å². The van der Waals surface area contributed by atoms with Gasteiger partial charge in [0.15, 0.2) is 28.9 Å². The van der Waals surface area contributed by atoms with Crippen LogP contribution in [0, 0.1) is 13.8 Å². The number of aromatic nitrogens is 2. The molecule has 0 atom stereocenters. The summed E-state index contributed by atoms with van der Waals surface area (Å²) in [6.07, 6.45) is 5.21. The van der Waals surface area contributed by atoms with Gasteiger partial charge in [-0.2, -0.15) is 0 Å². The van der Waals surface area contributed by atoms with Crippen LogP contribution in [0.2, 0.25) is 0 Å². The van der Waals surface area contributed by atoms with Crippen molar-refractivity contribution in [1.29, 1.82) is 0 Å². The van der Waals surface area contributed by atoms with E-state index in [1.807, 2.05) is 24.4 Å². The van der Waals surface area contributed by atoms with Gasteiger partial charge in [0, 0.05) is 16.6 Å². The molecule has 7 nitrogen and oxygen atoms in total. The number of thiazole rings is 1. The van der Waals surface area contributed by atoms with E-state index in [4.69, 9.17) is 14.6 Å². The Morgan fingerprint density at radius 3 is 2.78 bits per heavy atom. The number of hydrogen-bond donors (Lipinski definition) is 1. The third-order valence-electron chi connectivity index (χ3n) is 3.85. The molecule has 2 aromatic heterocycles. The molecular formula is C19H18N2O5S. The Balaban J connectivity index is 1.83. The smallest absolute Gasteiger partial charge is 0.341 e. The van der Waals surface area contributed by atoms with Gasteiger partial charge in [0.1, 0.15) is 0 Å². The first-order chi connectivity index (χ1) is 12.9. The first kappa shape index (κ1) is 18.7. The monoisotopic (exact) mass is 386 g/mol. The van der Waals surface area contributed by atoms with Gasteiger partial charge in [-0.3, -0.25) is 9.20 Å². The number of benzene rings is 1. The van der Waals surface area contributed by atoms with Crippen LogP contribution >= 0.6 is 11.3 Å². The molecule has 0 spiro atoms. The van der Waals surface area contributed by atoms with E-state index in [1.165, 1.54) is 25.3 Å². The Labute approximate surface area is 159 Å². The highest BCUT2D eigenvalue weighted by Gasteiger charge is 2.12. The number of rotatable bonds is 7. The van der Waals surface area contributed by atoms with E-state index >= 15 is 0 Å². The summed E-state index contributed by atoms with van der Waals surface area (Å²) in [5.41, 5.74) is 2.11. The second kappa shape index (κ2) is 7.63. The quantitative estimate of drug-likeness (QED) is 0.495. The summed E-state index contributed by atoms with van der Waals surface area (Å²) in [7, 11) is 1.43. The number of hydrogen-bond acceptors (Lipinski definition) is 6. The van der Waals surface area contributed by atoms with Crippen molar-refractivity contribution in [2.75, 3.05) is 13.7 Å². The first-order valence-electron chi connectivity index (χ1n) is 8.09. The van der Waals surface area contributed by atoms with Crippen LogP contribution in [0.5, 0.6) is 11.5 Å². The van der Waals surface area contributed by atoms with Crippen molar-refractivity contribution < 1.29 is 24.2 Å². The number of aryl methyl sites for hydroxylation is 2. The fraction of sp³-hybridized carbons (Fsp3) is 0.211. The van der Waals surface area contributed by atoms with Crippen molar-refractivity contribution in [3.63, 3.8) is 0 Å². The van der Waals surface area contributed by atoms with E-state index in [1.54, 1.807) is 23.5 Å². The molecule has 0 aliphatic carbocycles. The topological polar surface area (TPSA) is 90.1 Å². The molecule has 3 aromatic rings. The number of allylic oxidation sites excluding steroid dienone is 1. The van der Waals surface area contributed by atoms with Crippen LogP contribution in [0.3, 0.4) is 0 Å². The normalized spacial score (nSPS) is 11.2. The predicted molar refractivity (Wildman–Crippen MR) is 102 cm³/mol. The van der Waals surface area contributed by atoms with Crippen LogP contribution in [0.4, 0.5) is 0 Å². The number of carboxylic acids is 1. The summed E-state index contributed by atoms with van der Waals surface area (Å²) < 4.78 is 12.3. The number of carbonyl (C=O) groups excluding carboxylic acids is 1. The van der Waals surface area contributed by atoms with Crippen LogP contribution in [-0.4, -0.2) is 40.0 Å². The second-order valence-electron chi connectivity index (χ2n) is 5.82. The lowest BCUT2D eigenvalue weighted by Crippen LogP contribution is -2.10. The van der Waals surface area contributed by atoms with Gasteiger partial charge < -0.3 is 14.6 Å². The third-order valence-corrected chi connectivity index (χ3v) is 4.75. The molecule has 0 radical (unpaired) electrons. The Kier molecular flexibility index (Phi) is 5.27. The molecule has 0 saturated heterocycles. The minimum Gasteiger partial charge on any atom is -0.493 e. The molecule has 0 aliphatic rings. The molecule has 0 unspecified atom stereocenters. The van der Waals surface area contributed by atoms with Gasteiger partial charge in [0.05, 0.1) is 18.5 Å². The molecule has 2 heterocycles. The summed E-state index contributed by atoms with van der Waals surface area (Å²) >= 11 is 1.59. The number of imidazole rings is 1. The van der Waals surface area contributed by atoms with Crippen LogP contribution in [0.25, 0.3) is 11.0 Å². The maximum absolute atomic E-state index is 12.5. The number of fused-ring (bicyclic) bond motifs is 1. The number of nitrogens with zero attached hydrogens (tertiary/aromatic N) is 2. The lowest BCUT2D eigenvalue weighted by molar-refractivity contribution is -0.139. The SMILES string of the molecule is COc1cc(C(=O)/C=C/c2c(C)nc3sc(C)cn23)ccc1OCC(=O)O. The summed E-state index contributed by atoms with van der Waals surface area (Å²) in [5.74, 6) is -0.736. The number of ether oxygens (including phenoxy) is 2. The van der Waals surface area contributed by atoms with E-state index < -0.39 is 12.6 Å². The fourth-order valence-electron chi connectivity index (χ4n) is 2.61. The highest BCUT2D eigenvalue weighted by Crippen LogP contribution is 2.28. The van der Waals surface area contributed by atoms with Gasteiger partial charge in [0.25, 0.3) is 0 Å². The number of methoxy groups -OCH3 is 1. The maximum atomic E-state index is 12.5. The minimum absolute atomic E-state index is 0.209. The Morgan fingerprint density at radius 1 is 1.30 bits per heavy atom. The first-order valence-corrected chi connectivity index (χ1v) is 8.91. The average Bonchev–Trinajstić information content (AvgIpc) is 3.12. The molecule has 0 bridgehead atoms. The highest BCUT2D eigenvalue weighted by atomic mass is 32.1. The van der Waals surface area contributed by atoms with Crippen LogP contribution in [0.15, 0.2) is 30.5 Å². The maximum Gasteiger partial charge on any atom is 0.341 e.